The topological polar surface area (TPSA) is 65.1 Å². The average Bonchev–Trinajstić information content (AvgIpc) is 3.15. The summed E-state index contributed by atoms with van der Waals surface area (Å²) in [4.78, 5) is 32.2. The van der Waals surface area contributed by atoms with Gasteiger partial charge in [0.2, 0.25) is 5.95 Å². The van der Waals surface area contributed by atoms with Gasteiger partial charge < -0.3 is 9.47 Å². The van der Waals surface area contributed by atoms with Crippen LogP contribution in [0.25, 0.3) is 11.2 Å². The van der Waals surface area contributed by atoms with E-state index in [-0.39, 0.29) is 11.2 Å². The number of benzene rings is 1. The monoisotopic (exact) mass is 353 g/mol. The van der Waals surface area contributed by atoms with E-state index in [0.29, 0.717) is 24.3 Å². The van der Waals surface area contributed by atoms with Gasteiger partial charge in [-0.15, -0.1) is 0 Å². The van der Waals surface area contributed by atoms with Gasteiger partial charge in [0.05, 0.1) is 0 Å². The van der Waals surface area contributed by atoms with E-state index < -0.39 is 0 Å². The van der Waals surface area contributed by atoms with Gasteiger partial charge in [-0.25, -0.2) is 4.79 Å². The van der Waals surface area contributed by atoms with Gasteiger partial charge in [-0.2, -0.15) is 4.98 Å². The zero-order chi connectivity index (χ0) is 18.6. The molecular weight excluding hydrogens is 330 g/mol. The van der Waals surface area contributed by atoms with E-state index >= 15 is 0 Å². The molecule has 0 unspecified atom stereocenters. The summed E-state index contributed by atoms with van der Waals surface area (Å²) in [5.74, 6) is 0.728. The second kappa shape index (κ2) is 5.86. The Hall–Kier alpha value is -2.83. The number of anilines is 2. The largest absolute Gasteiger partial charge is 0.332 e. The summed E-state index contributed by atoms with van der Waals surface area (Å²) in [7, 11) is 1.68. The SMILES string of the molecule is CCCn1c(=O)c2c(nc3n2CCN3c2cc(C)cc(C)c2)n(C)c1=O. The Labute approximate surface area is 151 Å². The highest BCUT2D eigenvalue weighted by Crippen LogP contribution is 2.32. The normalized spacial score (nSPS) is 13.6. The fraction of sp³-hybridized carbons (Fsp3) is 0.421. The highest BCUT2D eigenvalue weighted by Gasteiger charge is 2.28. The molecule has 1 aromatic carbocycles. The van der Waals surface area contributed by atoms with Gasteiger partial charge in [0, 0.05) is 32.4 Å². The summed E-state index contributed by atoms with van der Waals surface area (Å²) in [6, 6.07) is 6.38. The van der Waals surface area contributed by atoms with Gasteiger partial charge in [0.15, 0.2) is 11.2 Å². The Kier molecular flexibility index (Phi) is 3.75. The predicted molar refractivity (Wildman–Crippen MR) is 102 cm³/mol. The molecule has 3 aromatic rings. The molecule has 3 heterocycles. The van der Waals surface area contributed by atoms with Crippen LogP contribution in [0.3, 0.4) is 0 Å². The van der Waals surface area contributed by atoms with Gasteiger partial charge in [-0.05, 0) is 43.5 Å². The number of imidazole rings is 1. The number of aryl methyl sites for hydroxylation is 3. The third kappa shape index (κ3) is 2.30. The summed E-state index contributed by atoms with van der Waals surface area (Å²) >= 11 is 0. The van der Waals surface area contributed by atoms with Crippen LogP contribution >= 0.6 is 0 Å². The predicted octanol–water partition coefficient (Wildman–Crippen LogP) is 2.08. The van der Waals surface area contributed by atoms with Crippen LogP contribution in [0.15, 0.2) is 27.8 Å². The van der Waals surface area contributed by atoms with Gasteiger partial charge >= 0.3 is 5.69 Å². The average molecular weight is 353 g/mol. The minimum absolute atomic E-state index is 0.244. The molecule has 0 bridgehead atoms. The molecule has 1 aliphatic heterocycles. The van der Waals surface area contributed by atoms with E-state index in [1.165, 1.54) is 20.3 Å². The lowest BCUT2D eigenvalue weighted by molar-refractivity contribution is 0.590. The number of fused-ring (bicyclic) bond motifs is 3. The zero-order valence-corrected chi connectivity index (χ0v) is 15.6. The maximum Gasteiger partial charge on any atom is 0.332 e. The van der Waals surface area contributed by atoms with Crippen molar-refractivity contribution in [1.29, 1.82) is 0 Å². The van der Waals surface area contributed by atoms with Crippen LogP contribution in [0.4, 0.5) is 11.6 Å². The van der Waals surface area contributed by atoms with Crippen LogP contribution in [-0.4, -0.2) is 25.2 Å². The molecular formula is C19H23N5O2. The standard InChI is InChI=1S/C19H23N5O2/c1-5-6-24-17(25)15-16(21(4)19(24)26)20-18-22(7-8-23(15)18)14-10-12(2)9-13(3)11-14/h9-11H,5-8H2,1-4H3. The van der Waals surface area contributed by atoms with Crippen molar-refractivity contribution >= 4 is 22.8 Å². The highest BCUT2D eigenvalue weighted by atomic mass is 16.2. The van der Waals surface area contributed by atoms with Crippen LogP contribution in [0.2, 0.25) is 0 Å². The fourth-order valence-corrected chi connectivity index (χ4v) is 3.85. The first-order chi connectivity index (χ1) is 12.4. The maximum absolute atomic E-state index is 12.9. The number of rotatable bonds is 3. The van der Waals surface area contributed by atoms with Crippen LogP contribution in [0, 0.1) is 13.8 Å². The van der Waals surface area contributed by atoms with Crippen LogP contribution < -0.4 is 16.1 Å². The van der Waals surface area contributed by atoms with Crippen molar-refractivity contribution in [2.45, 2.75) is 40.3 Å². The van der Waals surface area contributed by atoms with Crippen LogP contribution in [0.1, 0.15) is 24.5 Å². The number of hydrogen-bond donors (Lipinski definition) is 0. The molecule has 26 heavy (non-hydrogen) atoms. The first kappa shape index (κ1) is 16.6. The second-order valence-electron chi connectivity index (χ2n) is 7.03. The molecule has 2 aromatic heterocycles. The van der Waals surface area contributed by atoms with Crippen molar-refractivity contribution < 1.29 is 0 Å². The third-order valence-corrected chi connectivity index (χ3v) is 4.97. The minimum atomic E-state index is -0.306. The summed E-state index contributed by atoms with van der Waals surface area (Å²) in [5, 5.41) is 0. The number of nitrogens with zero attached hydrogens (tertiary/aromatic N) is 5. The highest BCUT2D eigenvalue weighted by molar-refractivity contribution is 5.78. The molecule has 0 N–H and O–H groups in total. The second-order valence-corrected chi connectivity index (χ2v) is 7.03. The molecule has 0 fully saturated rings. The van der Waals surface area contributed by atoms with Crippen LogP contribution in [0.5, 0.6) is 0 Å². The van der Waals surface area contributed by atoms with Gasteiger partial charge in [0.1, 0.15) is 0 Å². The van der Waals surface area contributed by atoms with Crippen LogP contribution in [-0.2, 0) is 20.1 Å². The Balaban J connectivity index is 1.96. The first-order valence-corrected chi connectivity index (χ1v) is 8.98. The molecule has 0 amide bonds. The molecule has 0 aliphatic carbocycles. The van der Waals surface area contributed by atoms with Gasteiger partial charge in [-0.3, -0.25) is 13.9 Å². The molecule has 4 rings (SSSR count). The van der Waals surface area contributed by atoms with Crippen molar-refractivity contribution in [3.8, 4) is 0 Å². The Morgan fingerprint density at radius 2 is 1.77 bits per heavy atom. The molecule has 1 aliphatic rings. The lowest BCUT2D eigenvalue weighted by Gasteiger charge is -2.17. The number of aromatic nitrogens is 4. The minimum Gasteiger partial charge on any atom is -0.310 e. The van der Waals surface area contributed by atoms with Crippen molar-refractivity contribution in [2.75, 3.05) is 11.4 Å². The van der Waals surface area contributed by atoms with Crippen molar-refractivity contribution in [2.24, 2.45) is 7.05 Å². The first-order valence-electron chi connectivity index (χ1n) is 8.98. The molecule has 0 saturated carbocycles. The molecule has 0 saturated heterocycles. The smallest absolute Gasteiger partial charge is 0.310 e. The summed E-state index contributed by atoms with van der Waals surface area (Å²) in [6.45, 7) is 7.96. The number of hydrogen-bond acceptors (Lipinski definition) is 4. The van der Waals surface area contributed by atoms with Crippen molar-refractivity contribution in [1.82, 2.24) is 18.7 Å². The van der Waals surface area contributed by atoms with E-state index in [0.717, 1.165) is 24.6 Å². The summed E-state index contributed by atoms with van der Waals surface area (Å²) in [6.07, 6.45) is 0.732. The fourth-order valence-electron chi connectivity index (χ4n) is 3.85. The molecule has 136 valence electrons. The lowest BCUT2D eigenvalue weighted by atomic mass is 10.1. The lowest BCUT2D eigenvalue weighted by Crippen LogP contribution is -2.39. The summed E-state index contributed by atoms with van der Waals surface area (Å²) < 4.78 is 4.75. The maximum atomic E-state index is 12.9. The quantitative estimate of drug-likeness (QED) is 0.723. The Morgan fingerprint density at radius 3 is 2.42 bits per heavy atom. The van der Waals surface area contributed by atoms with Crippen molar-refractivity contribution in [3.63, 3.8) is 0 Å². The Morgan fingerprint density at radius 1 is 1.08 bits per heavy atom. The molecule has 7 heteroatoms. The third-order valence-electron chi connectivity index (χ3n) is 4.97. The van der Waals surface area contributed by atoms with Gasteiger partial charge in [-0.1, -0.05) is 13.0 Å². The van der Waals surface area contributed by atoms with E-state index in [1.807, 2.05) is 11.5 Å². The van der Waals surface area contributed by atoms with E-state index in [4.69, 9.17) is 0 Å². The van der Waals surface area contributed by atoms with Crippen molar-refractivity contribution in [3.05, 3.63) is 50.2 Å². The molecule has 7 nitrogen and oxygen atoms in total. The van der Waals surface area contributed by atoms with Gasteiger partial charge in [0.25, 0.3) is 5.56 Å². The zero-order valence-electron chi connectivity index (χ0n) is 15.6. The van der Waals surface area contributed by atoms with E-state index in [9.17, 15) is 9.59 Å². The molecule has 0 atom stereocenters. The Bertz CT molecular complexity index is 1120. The van der Waals surface area contributed by atoms with E-state index in [1.54, 1.807) is 7.05 Å². The molecule has 0 radical (unpaired) electrons. The van der Waals surface area contributed by atoms with E-state index in [2.05, 4.69) is 41.9 Å². The summed E-state index contributed by atoms with van der Waals surface area (Å²) in [5.41, 5.74) is 3.86. The molecule has 0 spiro atoms.